The van der Waals surface area contributed by atoms with Crippen LogP contribution in [0.25, 0.3) is 0 Å². The van der Waals surface area contributed by atoms with Gasteiger partial charge < -0.3 is 5.32 Å². The molecule has 0 spiro atoms. The van der Waals surface area contributed by atoms with Crippen LogP contribution in [-0.4, -0.2) is 21.7 Å². The molecule has 2 amide bonds. The lowest BCUT2D eigenvalue weighted by atomic mass is 10.1. The molecular formula is C8H3N4O6. The minimum absolute atomic E-state index is 0.305. The van der Waals surface area contributed by atoms with Gasteiger partial charge in [-0.2, -0.15) is 0 Å². The van der Waals surface area contributed by atoms with Crippen LogP contribution in [0.3, 0.4) is 0 Å². The van der Waals surface area contributed by atoms with Crippen molar-refractivity contribution in [2.75, 3.05) is 5.32 Å². The maximum absolute atomic E-state index is 11.0. The zero-order chi connectivity index (χ0) is 13.4. The standard InChI is InChI=1S/C8H3N4O6/c13-7-8(14)10-6-4(9-7)1-3(11(15)16)2-5(6)12(17)18/h1-2H,(H,10,14). The number of nitrogens with zero attached hydrogens (tertiary/aromatic N) is 3. The van der Waals surface area contributed by atoms with Gasteiger partial charge >= 0.3 is 17.5 Å². The number of hydrogen-bond donors (Lipinski definition) is 1. The molecule has 0 atom stereocenters. The van der Waals surface area contributed by atoms with Crippen LogP contribution < -0.4 is 10.6 Å². The summed E-state index contributed by atoms with van der Waals surface area (Å²) < 4.78 is 0. The highest BCUT2D eigenvalue weighted by Gasteiger charge is 2.33. The quantitative estimate of drug-likeness (QED) is 0.451. The lowest BCUT2D eigenvalue weighted by molar-refractivity contribution is -0.393. The van der Waals surface area contributed by atoms with Crippen molar-refractivity contribution in [1.29, 1.82) is 0 Å². The number of non-ortho nitro benzene ring substituents is 1. The monoisotopic (exact) mass is 251 g/mol. The predicted octanol–water partition coefficient (Wildman–Crippen LogP) is 0.218. The second kappa shape index (κ2) is 3.76. The third-order valence-electron chi connectivity index (χ3n) is 2.14. The van der Waals surface area contributed by atoms with Crippen LogP contribution in [0.1, 0.15) is 0 Å². The number of amides is 2. The first-order valence-corrected chi connectivity index (χ1v) is 4.44. The molecule has 0 bridgehead atoms. The molecule has 1 aromatic carbocycles. The summed E-state index contributed by atoms with van der Waals surface area (Å²) in [5, 5.41) is 26.5. The van der Waals surface area contributed by atoms with Crippen molar-refractivity contribution in [2.45, 2.75) is 0 Å². The van der Waals surface area contributed by atoms with Crippen LogP contribution in [0.5, 0.6) is 0 Å². The number of carbonyl (C=O) groups excluding carboxylic acids is 2. The van der Waals surface area contributed by atoms with E-state index in [1.807, 2.05) is 5.32 Å². The molecule has 2 rings (SSSR count). The summed E-state index contributed by atoms with van der Waals surface area (Å²) in [6.45, 7) is 0. The number of nitrogens with one attached hydrogen (secondary N) is 1. The number of benzene rings is 1. The van der Waals surface area contributed by atoms with Gasteiger partial charge in [-0.3, -0.25) is 29.8 Å². The molecule has 0 fully saturated rings. The average Bonchev–Trinajstić information content (AvgIpc) is 2.29. The van der Waals surface area contributed by atoms with Crippen molar-refractivity contribution in [1.82, 2.24) is 5.32 Å². The Morgan fingerprint density at radius 2 is 1.78 bits per heavy atom. The maximum Gasteiger partial charge on any atom is 0.335 e. The van der Waals surface area contributed by atoms with Gasteiger partial charge in [-0.15, -0.1) is 0 Å². The van der Waals surface area contributed by atoms with Crippen molar-refractivity contribution in [3.05, 3.63) is 32.4 Å². The number of fused-ring (bicyclic) bond motifs is 1. The Balaban J connectivity index is 2.67. The van der Waals surface area contributed by atoms with Gasteiger partial charge in [0.15, 0.2) is 0 Å². The molecule has 1 aliphatic heterocycles. The molecule has 10 nitrogen and oxygen atoms in total. The normalized spacial score (nSPS) is 13.3. The molecule has 91 valence electrons. The topological polar surface area (TPSA) is 147 Å². The summed E-state index contributed by atoms with van der Waals surface area (Å²) in [6, 6.07) is 1.56. The fourth-order valence-corrected chi connectivity index (χ4v) is 1.39. The highest BCUT2D eigenvalue weighted by molar-refractivity contribution is 6.42. The largest absolute Gasteiger partial charge is 0.335 e. The van der Waals surface area contributed by atoms with Gasteiger partial charge in [0.05, 0.1) is 15.9 Å². The van der Waals surface area contributed by atoms with E-state index < -0.39 is 33.0 Å². The van der Waals surface area contributed by atoms with Gasteiger partial charge in [-0.1, -0.05) is 0 Å². The first-order chi connectivity index (χ1) is 8.40. The third-order valence-corrected chi connectivity index (χ3v) is 2.14. The van der Waals surface area contributed by atoms with Gasteiger partial charge in [-0.25, -0.2) is 5.32 Å². The Morgan fingerprint density at radius 3 is 2.33 bits per heavy atom. The number of nitro groups is 2. The minimum atomic E-state index is -1.17. The molecule has 1 heterocycles. The van der Waals surface area contributed by atoms with E-state index in [0.29, 0.717) is 6.07 Å². The van der Waals surface area contributed by atoms with Crippen molar-refractivity contribution in [2.24, 2.45) is 0 Å². The van der Waals surface area contributed by atoms with Crippen molar-refractivity contribution >= 4 is 34.6 Å². The fourth-order valence-electron chi connectivity index (χ4n) is 1.39. The molecule has 0 saturated heterocycles. The summed E-state index contributed by atoms with van der Waals surface area (Å²) in [5.41, 5.74) is -1.91. The van der Waals surface area contributed by atoms with Crippen LogP contribution in [0.4, 0.5) is 22.7 Å². The molecular weight excluding hydrogens is 248 g/mol. The van der Waals surface area contributed by atoms with Crippen molar-refractivity contribution in [3.63, 3.8) is 0 Å². The highest BCUT2D eigenvalue weighted by atomic mass is 16.6. The Morgan fingerprint density at radius 1 is 1.11 bits per heavy atom. The lowest BCUT2D eigenvalue weighted by Crippen LogP contribution is -2.33. The van der Waals surface area contributed by atoms with E-state index in [9.17, 15) is 29.8 Å². The molecule has 0 aliphatic carbocycles. The molecule has 0 unspecified atom stereocenters. The predicted molar refractivity (Wildman–Crippen MR) is 55.2 cm³/mol. The maximum atomic E-state index is 11.0. The van der Waals surface area contributed by atoms with Crippen molar-refractivity contribution < 1.29 is 19.4 Å². The summed E-state index contributed by atoms with van der Waals surface area (Å²) in [4.78, 5) is 41.6. The first-order valence-electron chi connectivity index (χ1n) is 4.44. The highest BCUT2D eigenvalue weighted by Crippen LogP contribution is 2.38. The zero-order valence-corrected chi connectivity index (χ0v) is 8.45. The number of anilines is 1. The molecule has 0 aromatic heterocycles. The summed E-state index contributed by atoms with van der Waals surface area (Å²) >= 11 is 0. The zero-order valence-electron chi connectivity index (χ0n) is 8.45. The smallest absolute Gasteiger partial charge is 0.310 e. The van der Waals surface area contributed by atoms with Gasteiger partial charge in [0, 0.05) is 6.07 Å². The Bertz CT molecular complexity index is 610. The Hall–Kier alpha value is -3.04. The Kier molecular flexibility index (Phi) is 2.39. The molecule has 1 aliphatic rings. The second-order valence-corrected chi connectivity index (χ2v) is 3.24. The molecule has 18 heavy (non-hydrogen) atoms. The van der Waals surface area contributed by atoms with E-state index in [-0.39, 0.29) is 11.4 Å². The van der Waals surface area contributed by atoms with Crippen LogP contribution in [0.2, 0.25) is 0 Å². The van der Waals surface area contributed by atoms with Gasteiger partial charge in [0.1, 0.15) is 11.4 Å². The molecule has 10 heteroatoms. The number of hydrogen-bond acceptors (Lipinski definition) is 6. The SMILES string of the molecule is O=C1[N]c2cc([N+](=O)[O-])cc([N+](=O)[O-])c2NC1=O. The van der Waals surface area contributed by atoms with E-state index in [0.717, 1.165) is 6.07 Å². The first kappa shape index (κ1) is 11.4. The Labute approximate surface area is 97.9 Å². The number of carbonyl (C=O) groups is 2. The van der Waals surface area contributed by atoms with Gasteiger partial charge in [-0.05, 0) is 0 Å². The van der Waals surface area contributed by atoms with Gasteiger partial charge in [0.2, 0.25) is 0 Å². The van der Waals surface area contributed by atoms with Crippen LogP contribution in [-0.2, 0) is 9.59 Å². The van der Waals surface area contributed by atoms with E-state index in [4.69, 9.17) is 0 Å². The molecule has 1 radical (unpaired) electrons. The van der Waals surface area contributed by atoms with E-state index >= 15 is 0 Å². The van der Waals surface area contributed by atoms with E-state index in [1.165, 1.54) is 0 Å². The minimum Gasteiger partial charge on any atom is -0.310 e. The lowest BCUT2D eigenvalue weighted by Gasteiger charge is -2.14. The molecule has 0 saturated carbocycles. The molecule has 1 N–H and O–H groups in total. The van der Waals surface area contributed by atoms with Crippen LogP contribution >= 0.6 is 0 Å². The second-order valence-electron chi connectivity index (χ2n) is 3.24. The van der Waals surface area contributed by atoms with Crippen LogP contribution in [0.15, 0.2) is 12.1 Å². The summed E-state index contributed by atoms with van der Waals surface area (Å²) in [6.07, 6.45) is 0. The number of rotatable bonds is 2. The summed E-state index contributed by atoms with van der Waals surface area (Å²) in [7, 11) is 0. The summed E-state index contributed by atoms with van der Waals surface area (Å²) in [5.74, 6) is -2.29. The van der Waals surface area contributed by atoms with Crippen molar-refractivity contribution in [3.8, 4) is 0 Å². The van der Waals surface area contributed by atoms with E-state index in [1.54, 1.807) is 0 Å². The van der Waals surface area contributed by atoms with Gasteiger partial charge in [0.25, 0.3) is 5.69 Å². The van der Waals surface area contributed by atoms with Crippen LogP contribution in [0, 0.1) is 20.2 Å². The molecule has 1 aromatic rings. The third kappa shape index (κ3) is 1.71. The number of nitro benzene ring substituents is 2. The van der Waals surface area contributed by atoms with E-state index in [2.05, 4.69) is 5.32 Å². The fraction of sp³-hybridized carbons (Fsp3) is 0. The average molecular weight is 251 g/mol.